The van der Waals surface area contributed by atoms with Crippen LogP contribution < -0.4 is 10.6 Å². The molecule has 0 unspecified atom stereocenters. The van der Waals surface area contributed by atoms with Crippen molar-refractivity contribution in [3.05, 3.63) is 11.8 Å². The maximum absolute atomic E-state index is 5.15. The van der Waals surface area contributed by atoms with Crippen LogP contribution in [0.5, 0.6) is 0 Å². The van der Waals surface area contributed by atoms with Crippen molar-refractivity contribution in [1.29, 1.82) is 0 Å². The first-order valence-corrected chi connectivity index (χ1v) is 5.59. The molecule has 0 amide bonds. The van der Waals surface area contributed by atoms with Crippen molar-refractivity contribution in [3.8, 4) is 0 Å². The molecule has 0 saturated heterocycles. The number of thiocarbonyl (C=S) groups is 1. The van der Waals surface area contributed by atoms with Gasteiger partial charge in [-0.15, -0.1) is 0 Å². The van der Waals surface area contributed by atoms with Crippen molar-refractivity contribution in [3.63, 3.8) is 0 Å². The van der Waals surface area contributed by atoms with Crippen LogP contribution in [-0.4, -0.2) is 21.4 Å². The molecule has 0 aliphatic carbocycles. The van der Waals surface area contributed by atoms with Gasteiger partial charge in [-0.25, -0.2) is 0 Å². The Morgan fingerprint density at radius 2 is 2.33 bits per heavy atom. The minimum atomic E-state index is 0.659. The Hall–Kier alpha value is -1.10. The van der Waals surface area contributed by atoms with Crippen LogP contribution in [0.25, 0.3) is 0 Å². The van der Waals surface area contributed by atoms with Gasteiger partial charge in [-0.1, -0.05) is 13.3 Å². The second-order valence-electron chi connectivity index (χ2n) is 3.53. The molecule has 0 fully saturated rings. The second kappa shape index (κ2) is 5.70. The van der Waals surface area contributed by atoms with Crippen LogP contribution >= 0.6 is 12.2 Å². The van der Waals surface area contributed by atoms with Crippen molar-refractivity contribution in [2.45, 2.75) is 26.7 Å². The van der Waals surface area contributed by atoms with E-state index in [1.165, 1.54) is 6.42 Å². The summed E-state index contributed by atoms with van der Waals surface area (Å²) in [5.74, 6) is 0.918. The Labute approximate surface area is 96.1 Å². The molecule has 0 saturated carbocycles. The molecular formula is C10H18N4S. The van der Waals surface area contributed by atoms with Gasteiger partial charge in [0, 0.05) is 19.7 Å². The summed E-state index contributed by atoms with van der Waals surface area (Å²) >= 11 is 5.15. The van der Waals surface area contributed by atoms with Gasteiger partial charge >= 0.3 is 0 Å². The molecule has 0 aliphatic rings. The number of anilines is 1. The van der Waals surface area contributed by atoms with E-state index in [-0.39, 0.29) is 0 Å². The van der Waals surface area contributed by atoms with E-state index < -0.39 is 0 Å². The molecule has 1 heterocycles. The lowest BCUT2D eigenvalue weighted by Gasteiger charge is -2.09. The fourth-order valence-corrected chi connectivity index (χ4v) is 1.47. The summed E-state index contributed by atoms with van der Waals surface area (Å²) in [5.41, 5.74) is 0.983. The molecular weight excluding hydrogens is 208 g/mol. The molecule has 0 bridgehead atoms. The summed E-state index contributed by atoms with van der Waals surface area (Å²) in [5, 5.41) is 11.1. The van der Waals surface area contributed by atoms with Crippen LogP contribution in [-0.2, 0) is 7.05 Å². The fourth-order valence-electron chi connectivity index (χ4n) is 1.27. The summed E-state index contributed by atoms with van der Waals surface area (Å²) < 4.78 is 1.78. The van der Waals surface area contributed by atoms with E-state index >= 15 is 0 Å². The predicted molar refractivity (Wildman–Crippen MR) is 67.1 cm³/mol. The van der Waals surface area contributed by atoms with Crippen molar-refractivity contribution in [2.75, 3.05) is 11.9 Å². The van der Waals surface area contributed by atoms with Gasteiger partial charge in [0.05, 0.1) is 5.69 Å². The average Bonchev–Trinajstić information content (AvgIpc) is 2.45. The van der Waals surface area contributed by atoms with Gasteiger partial charge in [-0.2, -0.15) is 5.10 Å². The Morgan fingerprint density at radius 1 is 1.60 bits per heavy atom. The summed E-state index contributed by atoms with van der Waals surface area (Å²) in [6.07, 6.45) is 2.30. The van der Waals surface area contributed by atoms with E-state index in [1.54, 1.807) is 4.68 Å². The lowest BCUT2D eigenvalue weighted by molar-refractivity contribution is 0.751. The van der Waals surface area contributed by atoms with Crippen molar-refractivity contribution in [2.24, 2.45) is 7.05 Å². The minimum Gasteiger partial charge on any atom is -0.362 e. The number of aryl methyl sites for hydroxylation is 2. The van der Waals surface area contributed by atoms with E-state index in [0.29, 0.717) is 5.11 Å². The standard InChI is InChI=1S/C10H18N4S/c1-4-5-6-11-10(15)12-9-7-8(2)13-14(9)3/h7H,4-6H2,1-3H3,(H2,11,12,15). The van der Waals surface area contributed by atoms with Gasteiger partial charge in [0.2, 0.25) is 0 Å². The maximum Gasteiger partial charge on any atom is 0.171 e. The van der Waals surface area contributed by atoms with Gasteiger partial charge in [-0.05, 0) is 25.6 Å². The number of hydrogen-bond donors (Lipinski definition) is 2. The van der Waals surface area contributed by atoms with Crippen molar-refractivity contribution >= 4 is 23.1 Å². The van der Waals surface area contributed by atoms with Crippen LogP contribution in [0, 0.1) is 6.92 Å². The molecule has 0 radical (unpaired) electrons. The number of nitrogens with zero attached hydrogens (tertiary/aromatic N) is 2. The smallest absolute Gasteiger partial charge is 0.171 e. The number of aromatic nitrogens is 2. The van der Waals surface area contributed by atoms with E-state index in [0.717, 1.165) is 24.5 Å². The Morgan fingerprint density at radius 3 is 2.87 bits per heavy atom. The molecule has 1 aromatic heterocycles. The third-order valence-electron chi connectivity index (χ3n) is 2.06. The van der Waals surface area contributed by atoms with Crippen molar-refractivity contribution < 1.29 is 0 Å². The van der Waals surface area contributed by atoms with Gasteiger partial charge in [-0.3, -0.25) is 4.68 Å². The molecule has 84 valence electrons. The SMILES string of the molecule is CCCCNC(=S)Nc1cc(C)nn1C. The lowest BCUT2D eigenvalue weighted by atomic mass is 10.3. The number of nitrogens with one attached hydrogen (secondary N) is 2. The molecule has 0 aliphatic heterocycles. The highest BCUT2D eigenvalue weighted by Gasteiger charge is 2.02. The minimum absolute atomic E-state index is 0.659. The monoisotopic (exact) mass is 226 g/mol. The van der Waals surface area contributed by atoms with Crippen LogP contribution in [0.3, 0.4) is 0 Å². The zero-order valence-electron chi connectivity index (χ0n) is 9.50. The normalized spacial score (nSPS) is 10.1. The highest BCUT2D eigenvalue weighted by atomic mass is 32.1. The summed E-state index contributed by atoms with van der Waals surface area (Å²) in [6, 6.07) is 1.97. The molecule has 0 atom stereocenters. The maximum atomic E-state index is 5.15. The average molecular weight is 226 g/mol. The topological polar surface area (TPSA) is 41.9 Å². The third-order valence-corrected chi connectivity index (χ3v) is 2.31. The van der Waals surface area contributed by atoms with Gasteiger partial charge in [0.15, 0.2) is 5.11 Å². The number of unbranched alkanes of at least 4 members (excludes halogenated alkanes) is 1. The quantitative estimate of drug-likeness (QED) is 0.607. The first kappa shape index (κ1) is 12.0. The fraction of sp³-hybridized carbons (Fsp3) is 0.600. The zero-order valence-corrected chi connectivity index (χ0v) is 10.3. The Balaban J connectivity index is 2.41. The third kappa shape index (κ3) is 3.87. The molecule has 1 rings (SSSR count). The molecule has 1 aromatic rings. The highest BCUT2D eigenvalue weighted by molar-refractivity contribution is 7.80. The summed E-state index contributed by atoms with van der Waals surface area (Å²) in [7, 11) is 1.89. The van der Waals surface area contributed by atoms with E-state index in [9.17, 15) is 0 Å². The molecule has 0 spiro atoms. The van der Waals surface area contributed by atoms with Gasteiger partial charge < -0.3 is 10.6 Å². The van der Waals surface area contributed by atoms with E-state index in [4.69, 9.17) is 12.2 Å². The van der Waals surface area contributed by atoms with E-state index in [1.807, 2.05) is 20.0 Å². The Kier molecular flexibility index (Phi) is 4.55. The first-order valence-electron chi connectivity index (χ1n) is 5.19. The van der Waals surface area contributed by atoms with Crippen molar-refractivity contribution in [1.82, 2.24) is 15.1 Å². The summed E-state index contributed by atoms with van der Waals surface area (Å²) in [6.45, 7) is 5.03. The largest absolute Gasteiger partial charge is 0.362 e. The Bertz CT molecular complexity index is 332. The molecule has 0 aromatic carbocycles. The molecule has 15 heavy (non-hydrogen) atoms. The number of hydrogen-bond acceptors (Lipinski definition) is 2. The van der Waals surface area contributed by atoms with Crippen LogP contribution in [0.1, 0.15) is 25.5 Å². The van der Waals surface area contributed by atoms with Gasteiger partial charge in [0.25, 0.3) is 0 Å². The van der Waals surface area contributed by atoms with Gasteiger partial charge in [0.1, 0.15) is 5.82 Å². The zero-order chi connectivity index (χ0) is 11.3. The predicted octanol–water partition coefficient (Wildman–Crippen LogP) is 1.82. The molecule has 4 nitrogen and oxygen atoms in total. The summed E-state index contributed by atoms with van der Waals surface area (Å²) in [4.78, 5) is 0. The second-order valence-corrected chi connectivity index (χ2v) is 3.94. The van der Waals surface area contributed by atoms with Crippen LogP contribution in [0.15, 0.2) is 6.07 Å². The molecule has 2 N–H and O–H groups in total. The first-order chi connectivity index (χ1) is 7.13. The lowest BCUT2D eigenvalue weighted by Crippen LogP contribution is -2.29. The highest BCUT2D eigenvalue weighted by Crippen LogP contribution is 2.07. The molecule has 5 heteroatoms. The van der Waals surface area contributed by atoms with Crippen LogP contribution in [0.2, 0.25) is 0 Å². The van der Waals surface area contributed by atoms with E-state index in [2.05, 4.69) is 22.7 Å². The van der Waals surface area contributed by atoms with Crippen LogP contribution in [0.4, 0.5) is 5.82 Å². The number of rotatable bonds is 4.